The van der Waals surface area contributed by atoms with E-state index in [0.717, 1.165) is 5.56 Å². The summed E-state index contributed by atoms with van der Waals surface area (Å²) in [6.45, 7) is 1.87. The minimum absolute atomic E-state index is 0.0490. The highest BCUT2D eigenvalue weighted by molar-refractivity contribution is 9.10. The second-order valence-corrected chi connectivity index (χ2v) is 7.17. The molecule has 0 aliphatic carbocycles. The van der Waals surface area contributed by atoms with E-state index in [1.54, 1.807) is 24.3 Å². The van der Waals surface area contributed by atoms with Gasteiger partial charge in [-0.2, -0.15) is 0 Å². The number of nitrogens with one attached hydrogen (secondary N) is 1. The monoisotopic (exact) mass is 385 g/mol. The van der Waals surface area contributed by atoms with Gasteiger partial charge < -0.3 is 9.47 Å². The summed E-state index contributed by atoms with van der Waals surface area (Å²) in [6.07, 6.45) is 0. The molecular formula is C15H16BrNO4S. The normalized spacial score (nSPS) is 11.1. The molecular weight excluding hydrogens is 370 g/mol. The molecule has 1 N–H and O–H groups in total. The number of halogens is 1. The number of hydrogen-bond donors (Lipinski definition) is 1. The molecule has 0 atom stereocenters. The fourth-order valence-corrected chi connectivity index (χ4v) is 3.73. The lowest BCUT2D eigenvalue weighted by Gasteiger charge is -2.14. The zero-order valence-electron chi connectivity index (χ0n) is 12.4. The molecule has 2 aromatic rings. The first-order chi connectivity index (χ1) is 10.4. The van der Waals surface area contributed by atoms with Crippen LogP contribution in [0.1, 0.15) is 5.56 Å². The molecule has 0 aliphatic heterocycles. The Morgan fingerprint density at radius 3 is 2.27 bits per heavy atom. The van der Waals surface area contributed by atoms with Crippen molar-refractivity contribution >= 4 is 31.6 Å². The van der Waals surface area contributed by atoms with Crippen molar-refractivity contribution in [3.8, 4) is 11.5 Å². The molecule has 0 bridgehead atoms. The first-order valence-corrected chi connectivity index (χ1v) is 8.66. The van der Waals surface area contributed by atoms with Gasteiger partial charge in [0.2, 0.25) is 0 Å². The minimum Gasteiger partial charge on any atom is -0.495 e. The lowest BCUT2D eigenvalue weighted by Crippen LogP contribution is -2.15. The molecule has 0 radical (unpaired) electrons. The third-order valence-corrected chi connectivity index (χ3v) is 4.89. The Kier molecular flexibility index (Phi) is 4.97. The fraction of sp³-hybridized carbons (Fsp3) is 0.200. The van der Waals surface area contributed by atoms with Gasteiger partial charge >= 0.3 is 0 Å². The molecule has 0 amide bonds. The van der Waals surface area contributed by atoms with E-state index in [2.05, 4.69) is 20.7 Å². The maximum absolute atomic E-state index is 12.6. The van der Waals surface area contributed by atoms with Gasteiger partial charge in [-0.25, -0.2) is 8.42 Å². The van der Waals surface area contributed by atoms with Crippen molar-refractivity contribution < 1.29 is 17.9 Å². The highest BCUT2D eigenvalue weighted by Gasteiger charge is 2.21. The summed E-state index contributed by atoms with van der Waals surface area (Å²) >= 11 is 3.27. The van der Waals surface area contributed by atoms with Crippen LogP contribution >= 0.6 is 15.9 Å². The molecule has 0 heterocycles. The Balaban J connectivity index is 2.49. The van der Waals surface area contributed by atoms with Crippen LogP contribution in [0.4, 0.5) is 5.69 Å². The zero-order valence-corrected chi connectivity index (χ0v) is 14.8. The molecule has 118 valence electrons. The first kappa shape index (κ1) is 16.6. The molecule has 5 nitrogen and oxygen atoms in total. The van der Waals surface area contributed by atoms with Crippen LogP contribution in [0.25, 0.3) is 0 Å². The maximum Gasteiger partial charge on any atom is 0.265 e. The Hall–Kier alpha value is -1.73. The Bertz CT molecular complexity index is 790. The van der Waals surface area contributed by atoms with E-state index in [0.29, 0.717) is 15.9 Å². The van der Waals surface area contributed by atoms with Gasteiger partial charge in [-0.05, 0) is 42.8 Å². The van der Waals surface area contributed by atoms with Gasteiger partial charge in [0.15, 0.2) is 0 Å². The van der Waals surface area contributed by atoms with Crippen LogP contribution in [0.15, 0.2) is 45.8 Å². The van der Waals surface area contributed by atoms with E-state index >= 15 is 0 Å². The molecule has 0 unspecified atom stereocenters. The molecule has 2 aromatic carbocycles. The first-order valence-electron chi connectivity index (χ1n) is 6.38. The lowest BCUT2D eigenvalue weighted by molar-refractivity contribution is 0.402. The van der Waals surface area contributed by atoms with Crippen LogP contribution in [-0.4, -0.2) is 22.6 Å². The van der Waals surface area contributed by atoms with Gasteiger partial charge in [0.25, 0.3) is 10.0 Å². The summed E-state index contributed by atoms with van der Waals surface area (Å²) in [5.74, 6) is 0.713. The summed E-state index contributed by atoms with van der Waals surface area (Å²) in [4.78, 5) is 0.0490. The second kappa shape index (κ2) is 6.58. The van der Waals surface area contributed by atoms with E-state index < -0.39 is 10.0 Å². The predicted molar refractivity (Wildman–Crippen MR) is 89.2 cm³/mol. The Morgan fingerprint density at radius 2 is 1.64 bits per heavy atom. The van der Waals surface area contributed by atoms with Crippen molar-refractivity contribution in [1.82, 2.24) is 0 Å². The molecule has 0 spiro atoms. The summed E-state index contributed by atoms with van der Waals surface area (Å²) in [5, 5.41) is 0. The number of aryl methyl sites for hydroxylation is 1. The van der Waals surface area contributed by atoms with Crippen molar-refractivity contribution in [2.45, 2.75) is 11.8 Å². The number of benzene rings is 2. The number of anilines is 1. The van der Waals surface area contributed by atoms with Gasteiger partial charge in [-0.1, -0.05) is 22.0 Å². The molecule has 0 saturated carbocycles. The van der Waals surface area contributed by atoms with Gasteiger partial charge in [0.1, 0.15) is 16.4 Å². The molecule has 22 heavy (non-hydrogen) atoms. The highest BCUT2D eigenvalue weighted by Crippen LogP contribution is 2.32. The van der Waals surface area contributed by atoms with Crippen LogP contribution in [0.5, 0.6) is 11.5 Å². The van der Waals surface area contributed by atoms with Gasteiger partial charge in [-0.3, -0.25) is 4.72 Å². The molecule has 0 aliphatic rings. The molecule has 0 saturated heterocycles. The quantitative estimate of drug-likeness (QED) is 0.853. The van der Waals surface area contributed by atoms with Crippen molar-refractivity contribution in [2.24, 2.45) is 0 Å². The average molecular weight is 386 g/mol. The number of ether oxygens (including phenoxy) is 2. The molecule has 2 rings (SSSR count). The maximum atomic E-state index is 12.6. The van der Waals surface area contributed by atoms with Crippen LogP contribution in [0, 0.1) is 6.92 Å². The summed E-state index contributed by atoms with van der Waals surface area (Å²) in [7, 11) is -0.899. The van der Waals surface area contributed by atoms with E-state index in [1.807, 2.05) is 13.0 Å². The van der Waals surface area contributed by atoms with E-state index in [4.69, 9.17) is 9.47 Å². The van der Waals surface area contributed by atoms with E-state index in [-0.39, 0.29) is 10.6 Å². The van der Waals surface area contributed by atoms with Gasteiger partial charge in [-0.15, -0.1) is 0 Å². The summed E-state index contributed by atoms with van der Waals surface area (Å²) < 4.78 is 38.8. The van der Waals surface area contributed by atoms with Crippen LogP contribution in [0.3, 0.4) is 0 Å². The minimum atomic E-state index is -3.81. The number of rotatable bonds is 5. The van der Waals surface area contributed by atoms with Crippen LogP contribution in [-0.2, 0) is 10.0 Å². The summed E-state index contributed by atoms with van der Waals surface area (Å²) in [5.41, 5.74) is 1.30. The predicted octanol–water partition coefficient (Wildman–Crippen LogP) is 3.58. The molecule has 7 heteroatoms. The Morgan fingerprint density at radius 1 is 1.00 bits per heavy atom. The number of hydrogen-bond acceptors (Lipinski definition) is 4. The van der Waals surface area contributed by atoms with Gasteiger partial charge in [0, 0.05) is 4.47 Å². The second-order valence-electron chi connectivity index (χ2n) is 4.60. The smallest absolute Gasteiger partial charge is 0.265 e. The summed E-state index contributed by atoms with van der Waals surface area (Å²) in [6, 6.07) is 10.1. The third kappa shape index (κ3) is 3.53. The Labute approximate surface area is 138 Å². The van der Waals surface area contributed by atoms with Crippen LogP contribution < -0.4 is 14.2 Å². The fourth-order valence-electron chi connectivity index (χ4n) is 1.96. The number of methoxy groups -OCH3 is 2. The van der Waals surface area contributed by atoms with Crippen molar-refractivity contribution in [2.75, 3.05) is 18.9 Å². The van der Waals surface area contributed by atoms with Crippen LogP contribution in [0.2, 0.25) is 0 Å². The van der Waals surface area contributed by atoms with Crippen molar-refractivity contribution in [1.29, 1.82) is 0 Å². The largest absolute Gasteiger partial charge is 0.495 e. The topological polar surface area (TPSA) is 64.6 Å². The van der Waals surface area contributed by atoms with Crippen molar-refractivity contribution in [3.05, 3.63) is 46.4 Å². The van der Waals surface area contributed by atoms with E-state index in [9.17, 15) is 8.42 Å². The SMILES string of the molecule is COc1ccc(C)cc1NS(=O)(=O)c1cc(Br)ccc1OC. The third-order valence-electron chi connectivity index (χ3n) is 3.01. The zero-order chi connectivity index (χ0) is 16.3. The molecule has 0 fully saturated rings. The van der Waals surface area contributed by atoms with Gasteiger partial charge in [0.05, 0.1) is 19.9 Å². The standard InChI is InChI=1S/C15H16BrNO4S/c1-10-4-6-13(20-2)12(8-10)17-22(18,19)15-9-11(16)5-7-14(15)21-3/h4-9,17H,1-3H3. The lowest BCUT2D eigenvalue weighted by atomic mass is 10.2. The average Bonchev–Trinajstić information content (AvgIpc) is 2.47. The molecule has 0 aromatic heterocycles. The number of sulfonamides is 1. The van der Waals surface area contributed by atoms with E-state index in [1.165, 1.54) is 20.3 Å². The highest BCUT2D eigenvalue weighted by atomic mass is 79.9. The van der Waals surface area contributed by atoms with Crippen molar-refractivity contribution in [3.63, 3.8) is 0 Å².